The molecule has 1 fully saturated rings. The Morgan fingerprint density at radius 1 is 1.39 bits per heavy atom. The Hall–Kier alpha value is -1.60. The van der Waals surface area contributed by atoms with Crippen LogP contribution in [0.25, 0.3) is 0 Å². The smallest absolute Gasteiger partial charge is 0.193 e. The molecule has 1 aromatic heterocycles. The molecule has 0 aromatic carbocycles. The van der Waals surface area contributed by atoms with Crippen LogP contribution in [0.5, 0.6) is 0 Å². The van der Waals surface area contributed by atoms with Gasteiger partial charge < -0.3 is 19.7 Å². The molecule has 2 heterocycles. The lowest BCUT2D eigenvalue weighted by Crippen LogP contribution is -2.46. The van der Waals surface area contributed by atoms with Gasteiger partial charge in [-0.1, -0.05) is 0 Å². The van der Waals surface area contributed by atoms with E-state index in [1.807, 2.05) is 31.2 Å². The van der Waals surface area contributed by atoms with Crippen LogP contribution in [0.15, 0.2) is 17.4 Å². The molecule has 1 N–H and O–H groups in total. The van der Waals surface area contributed by atoms with Gasteiger partial charge in [0.25, 0.3) is 0 Å². The zero-order valence-electron chi connectivity index (χ0n) is 14.5. The lowest BCUT2D eigenvalue weighted by atomic mass is 10.1. The average Bonchev–Trinajstić information content (AvgIpc) is 2.99. The summed E-state index contributed by atoms with van der Waals surface area (Å²) in [7, 11) is 5.48. The van der Waals surface area contributed by atoms with Gasteiger partial charge in [-0.3, -0.25) is 9.67 Å². The minimum absolute atomic E-state index is 0.361. The van der Waals surface area contributed by atoms with Crippen LogP contribution >= 0.6 is 0 Å². The highest BCUT2D eigenvalue weighted by Crippen LogP contribution is 2.14. The first-order valence-electron chi connectivity index (χ1n) is 8.26. The highest BCUT2D eigenvalue weighted by molar-refractivity contribution is 5.79. The number of nitrogens with one attached hydrogen (secondary N) is 1. The van der Waals surface area contributed by atoms with Crippen molar-refractivity contribution in [3.05, 3.63) is 18.0 Å². The minimum atomic E-state index is 0.361. The first kappa shape index (κ1) is 17.7. The van der Waals surface area contributed by atoms with E-state index in [-0.39, 0.29) is 0 Å². The van der Waals surface area contributed by atoms with E-state index in [0.29, 0.717) is 6.10 Å². The van der Waals surface area contributed by atoms with Crippen LogP contribution in [0.1, 0.15) is 24.8 Å². The normalized spacial score (nSPS) is 16.8. The molecule has 0 spiro atoms. The number of aromatic nitrogens is 2. The number of ether oxygens (including phenoxy) is 2. The van der Waals surface area contributed by atoms with Crippen molar-refractivity contribution in [2.45, 2.75) is 31.9 Å². The Balaban J connectivity index is 1.70. The van der Waals surface area contributed by atoms with E-state index >= 15 is 0 Å². The van der Waals surface area contributed by atoms with Gasteiger partial charge in [0.15, 0.2) is 5.96 Å². The van der Waals surface area contributed by atoms with E-state index in [9.17, 15) is 0 Å². The van der Waals surface area contributed by atoms with Gasteiger partial charge in [0.1, 0.15) is 0 Å². The molecule has 1 aliphatic heterocycles. The molecule has 1 aromatic rings. The number of aryl methyl sites for hydroxylation is 1. The molecule has 23 heavy (non-hydrogen) atoms. The van der Waals surface area contributed by atoms with Gasteiger partial charge in [0.05, 0.1) is 12.3 Å². The first-order valence-corrected chi connectivity index (χ1v) is 8.26. The maximum Gasteiger partial charge on any atom is 0.193 e. The first-order chi connectivity index (χ1) is 11.2. The van der Waals surface area contributed by atoms with Crippen molar-refractivity contribution in [3.8, 4) is 0 Å². The fourth-order valence-electron chi connectivity index (χ4n) is 2.76. The second-order valence-electron chi connectivity index (χ2n) is 5.83. The van der Waals surface area contributed by atoms with Gasteiger partial charge in [0.2, 0.25) is 0 Å². The topological polar surface area (TPSA) is 63.9 Å². The molecule has 0 amide bonds. The number of hydrogen-bond acceptors (Lipinski definition) is 4. The summed E-state index contributed by atoms with van der Waals surface area (Å²) < 4.78 is 12.8. The number of hydrogen-bond donors (Lipinski definition) is 1. The fourth-order valence-corrected chi connectivity index (χ4v) is 2.76. The Labute approximate surface area is 138 Å². The van der Waals surface area contributed by atoms with E-state index in [1.54, 1.807) is 7.11 Å². The summed E-state index contributed by atoms with van der Waals surface area (Å²) in [5.74, 6) is 0.951. The predicted octanol–water partition coefficient (Wildman–Crippen LogP) is 1.01. The molecule has 1 aliphatic rings. The Bertz CT molecular complexity index is 481. The SMILES string of the molecule is CN=C(NCc1cnn(C)c1)N1CCC(OCCCOC)CC1. The van der Waals surface area contributed by atoms with Crippen LogP contribution in [0.2, 0.25) is 0 Å². The molecule has 1 saturated heterocycles. The van der Waals surface area contributed by atoms with Crippen LogP contribution in [0.3, 0.4) is 0 Å². The summed E-state index contributed by atoms with van der Waals surface area (Å²) in [6, 6.07) is 0. The molecule has 0 atom stereocenters. The van der Waals surface area contributed by atoms with Crippen LogP contribution in [0.4, 0.5) is 0 Å². The quantitative estimate of drug-likeness (QED) is 0.461. The van der Waals surface area contributed by atoms with Gasteiger partial charge in [-0.15, -0.1) is 0 Å². The van der Waals surface area contributed by atoms with E-state index in [2.05, 4.69) is 20.3 Å². The van der Waals surface area contributed by atoms with Gasteiger partial charge in [-0.05, 0) is 19.3 Å². The Morgan fingerprint density at radius 2 is 2.17 bits per heavy atom. The standard InChI is InChI=1S/C16H29N5O2/c1-17-16(18-11-14-12-19-20(2)13-14)21-7-5-15(6-8-21)23-10-4-9-22-3/h12-13,15H,4-11H2,1-3H3,(H,17,18). The number of piperidine rings is 1. The van der Waals surface area contributed by atoms with Crippen LogP contribution < -0.4 is 5.32 Å². The maximum absolute atomic E-state index is 5.90. The fraction of sp³-hybridized carbons (Fsp3) is 0.750. The largest absolute Gasteiger partial charge is 0.385 e. The molecule has 0 radical (unpaired) electrons. The van der Waals surface area contributed by atoms with Crippen molar-refractivity contribution in [1.29, 1.82) is 0 Å². The second kappa shape index (κ2) is 9.52. The molecule has 0 aliphatic carbocycles. The number of rotatable bonds is 7. The summed E-state index contributed by atoms with van der Waals surface area (Å²) in [6.45, 7) is 4.24. The number of guanidine groups is 1. The molecule has 7 nitrogen and oxygen atoms in total. The number of methoxy groups -OCH3 is 1. The molecule has 0 unspecified atom stereocenters. The highest BCUT2D eigenvalue weighted by Gasteiger charge is 2.21. The third-order valence-electron chi connectivity index (χ3n) is 4.01. The molecular weight excluding hydrogens is 294 g/mol. The highest BCUT2D eigenvalue weighted by atomic mass is 16.5. The maximum atomic E-state index is 5.90. The molecule has 2 rings (SSSR count). The summed E-state index contributed by atoms with van der Waals surface area (Å²) in [6.07, 6.45) is 7.30. The lowest BCUT2D eigenvalue weighted by Gasteiger charge is -2.34. The third-order valence-corrected chi connectivity index (χ3v) is 4.01. The Morgan fingerprint density at radius 3 is 2.78 bits per heavy atom. The van der Waals surface area contributed by atoms with Gasteiger partial charge in [-0.2, -0.15) is 5.10 Å². The number of likely N-dealkylation sites (tertiary alicyclic amines) is 1. The van der Waals surface area contributed by atoms with Crippen molar-refractivity contribution in [1.82, 2.24) is 20.0 Å². The summed E-state index contributed by atoms with van der Waals surface area (Å²) in [5, 5.41) is 7.59. The van der Waals surface area contributed by atoms with Crippen molar-refractivity contribution >= 4 is 5.96 Å². The van der Waals surface area contributed by atoms with Crippen molar-refractivity contribution in [2.24, 2.45) is 12.0 Å². The van der Waals surface area contributed by atoms with E-state index < -0.39 is 0 Å². The van der Waals surface area contributed by atoms with Crippen LogP contribution in [-0.2, 0) is 23.1 Å². The van der Waals surface area contributed by atoms with Crippen LogP contribution in [0, 0.1) is 0 Å². The molecule has 0 bridgehead atoms. The van der Waals surface area contributed by atoms with E-state index in [1.165, 1.54) is 0 Å². The predicted molar refractivity (Wildman–Crippen MR) is 90.4 cm³/mol. The summed E-state index contributed by atoms with van der Waals surface area (Å²) in [4.78, 5) is 6.69. The third kappa shape index (κ3) is 5.84. The van der Waals surface area contributed by atoms with Gasteiger partial charge in [0, 0.05) is 65.8 Å². The molecule has 0 saturated carbocycles. The average molecular weight is 323 g/mol. The van der Waals surface area contributed by atoms with Crippen LogP contribution in [-0.4, -0.2) is 67.2 Å². The Kier molecular flexibility index (Phi) is 7.35. The number of aliphatic imine (C=N–C) groups is 1. The lowest BCUT2D eigenvalue weighted by molar-refractivity contribution is 0.00989. The molecule has 7 heteroatoms. The minimum Gasteiger partial charge on any atom is -0.385 e. The zero-order chi connectivity index (χ0) is 16.5. The molecular formula is C16H29N5O2. The monoisotopic (exact) mass is 323 g/mol. The van der Waals surface area contributed by atoms with E-state index in [4.69, 9.17) is 9.47 Å². The zero-order valence-corrected chi connectivity index (χ0v) is 14.5. The summed E-state index contributed by atoms with van der Waals surface area (Å²) in [5.41, 5.74) is 1.16. The van der Waals surface area contributed by atoms with Gasteiger partial charge >= 0.3 is 0 Å². The number of nitrogens with zero attached hydrogens (tertiary/aromatic N) is 4. The van der Waals surface area contributed by atoms with E-state index in [0.717, 1.165) is 63.6 Å². The van der Waals surface area contributed by atoms with Gasteiger partial charge in [-0.25, -0.2) is 0 Å². The molecule has 130 valence electrons. The van der Waals surface area contributed by atoms with Crippen molar-refractivity contribution in [2.75, 3.05) is 40.5 Å². The second-order valence-corrected chi connectivity index (χ2v) is 5.83. The summed E-state index contributed by atoms with van der Waals surface area (Å²) >= 11 is 0. The van der Waals surface area contributed by atoms with Crippen molar-refractivity contribution < 1.29 is 9.47 Å². The van der Waals surface area contributed by atoms with Crippen molar-refractivity contribution in [3.63, 3.8) is 0 Å².